The van der Waals surface area contributed by atoms with Crippen LogP contribution in [0.4, 0.5) is 0 Å². The Balaban J connectivity index is 1.82. The Hall–Kier alpha value is -1.91. The fraction of sp³-hybridized carbons (Fsp3) is 0.368. The van der Waals surface area contributed by atoms with Gasteiger partial charge in [0, 0.05) is 59.6 Å². The van der Waals surface area contributed by atoms with Gasteiger partial charge in [-0.1, -0.05) is 11.6 Å². The highest BCUT2D eigenvalue weighted by Crippen LogP contribution is 2.35. The predicted octanol–water partition coefficient (Wildman–Crippen LogP) is 3.88. The second-order valence-corrected chi connectivity index (χ2v) is 7.18. The van der Waals surface area contributed by atoms with E-state index in [4.69, 9.17) is 11.6 Å². The molecular formula is C19H21ClN4. The van der Waals surface area contributed by atoms with Crippen LogP contribution in [-0.4, -0.2) is 33.0 Å². The number of likely N-dealkylation sites (N-methyl/N-ethyl adjacent to an activating group) is 1. The summed E-state index contributed by atoms with van der Waals surface area (Å²) in [5.41, 5.74) is 5.33. The fourth-order valence-corrected chi connectivity index (χ4v) is 4.04. The minimum absolute atomic E-state index is 0.354. The van der Waals surface area contributed by atoms with Gasteiger partial charge in [-0.15, -0.1) is 0 Å². The topological polar surface area (TPSA) is 34.0 Å². The van der Waals surface area contributed by atoms with Crippen molar-refractivity contribution in [3.05, 3.63) is 58.8 Å². The molecule has 1 aromatic carbocycles. The highest BCUT2D eigenvalue weighted by Gasteiger charge is 2.24. The fourth-order valence-electron chi connectivity index (χ4n) is 3.87. The van der Waals surface area contributed by atoms with Gasteiger partial charge in [-0.3, -0.25) is 0 Å². The van der Waals surface area contributed by atoms with E-state index in [0.29, 0.717) is 6.04 Å². The molecule has 3 heterocycles. The number of hydrogen-bond acceptors (Lipinski definition) is 3. The van der Waals surface area contributed by atoms with E-state index in [1.807, 2.05) is 18.5 Å². The van der Waals surface area contributed by atoms with Crippen molar-refractivity contribution >= 4 is 22.5 Å². The summed E-state index contributed by atoms with van der Waals surface area (Å²) in [5.74, 6) is 0. The zero-order valence-electron chi connectivity index (χ0n) is 14.0. The molecule has 1 atom stereocenters. The van der Waals surface area contributed by atoms with Crippen LogP contribution >= 0.6 is 11.6 Å². The Morgan fingerprint density at radius 3 is 2.83 bits per heavy atom. The van der Waals surface area contributed by atoms with E-state index in [2.05, 4.69) is 45.5 Å². The monoisotopic (exact) mass is 340 g/mol. The molecule has 0 amide bonds. The second kappa shape index (κ2) is 6.19. The van der Waals surface area contributed by atoms with Crippen LogP contribution in [0.3, 0.4) is 0 Å². The number of nitrogens with zero attached hydrogens (tertiary/aromatic N) is 4. The minimum atomic E-state index is 0.354. The SMILES string of the molecule is C[C@@H](Cc1cncnc1)n1c2c(c3cc(Cl)ccc31)CN(C)CC2. The van der Waals surface area contributed by atoms with Gasteiger partial charge in [0.2, 0.25) is 0 Å². The van der Waals surface area contributed by atoms with Crippen LogP contribution in [0.2, 0.25) is 5.02 Å². The standard InChI is InChI=1S/C19H21ClN4/c1-13(7-14-9-21-12-22-10-14)24-18-4-3-15(20)8-16(18)17-11-23(2)6-5-19(17)24/h3-4,8-10,12-13H,5-7,11H2,1-2H3/t13-/m0/s1. The molecule has 0 aliphatic carbocycles. The molecule has 5 heteroatoms. The van der Waals surface area contributed by atoms with Crippen molar-refractivity contribution in [2.75, 3.05) is 13.6 Å². The van der Waals surface area contributed by atoms with Gasteiger partial charge >= 0.3 is 0 Å². The molecule has 1 aliphatic rings. The number of rotatable bonds is 3. The Morgan fingerprint density at radius 2 is 2.04 bits per heavy atom. The number of fused-ring (bicyclic) bond motifs is 3. The average Bonchev–Trinajstić information content (AvgIpc) is 2.89. The maximum atomic E-state index is 6.28. The summed E-state index contributed by atoms with van der Waals surface area (Å²) in [5, 5.41) is 2.10. The lowest BCUT2D eigenvalue weighted by Crippen LogP contribution is -2.28. The molecule has 0 spiro atoms. The van der Waals surface area contributed by atoms with E-state index in [1.54, 1.807) is 6.33 Å². The summed E-state index contributed by atoms with van der Waals surface area (Å²) in [6.45, 7) is 4.36. The summed E-state index contributed by atoms with van der Waals surface area (Å²) < 4.78 is 2.50. The Morgan fingerprint density at radius 1 is 1.25 bits per heavy atom. The molecule has 0 saturated carbocycles. The van der Waals surface area contributed by atoms with Crippen molar-refractivity contribution in [2.45, 2.75) is 32.4 Å². The highest BCUT2D eigenvalue weighted by atomic mass is 35.5. The van der Waals surface area contributed by atoms with Gasteiger partial charge in [-0.05, 0) is 49.7 Å². The maximum Gasteiger partial charge on any atom is 0.115 e. The largest absolute Gasteiger partial charge is 0.341 e. The third kappa shape index (κ3) is 2.70. The summed E-state index contributed by atoms with van der Waals surface area (Å²) in [4.78, 5) is 10.7. The van der Waals surface area contributed by atoms with Gasteiger partial charge in [0.25, 0.3) is 0 Å². The van der Waals surface area contributed by atoms with Crippen LogP contribution in [0.5, 0.6) is 0 Å². The third-order valence-corrected chi connectivity index (χ3v) is 5.16. The lowest BCUT2D eigenvalue weighted by atomic mass is 10.0. The van der Waals surface area contributed by atoms with Gasteiger partial charge < -0.3 is 9.47 Å². The molecule has 124 valence electrons. The Labute approximate surface area is 147 Å². The second-order valence-electron chi connectivity index (χ2n) is 6.74. The molecule has 2 aromatic heterocycles. The third-order valence-electron chi connectivity index (χ3n) is 4.93. The van der Waals surface area contributed by atoms with Crippen LogP contribution in [0, 0.1) is 0 Å². The van der Waals surface area contributed by atoms with Crippen LogP contribution in [0.25, 0.3) is 10.9 Å². The van der Waals surface area contributed by atoms with Gasteiger partial charge in [0.15, 0.2) is 0 Å². The zero-order valence-corrected chi connectivity index (χ0v) is 14.8. The van der Waals surface area contributed by atoms with E-state index in [0.717, 1.165) is 31.0 Å². The van der Waals surface area contributed by atoms with Crippen molar-refractivity contribution in [3.8, 4) is 0 Å². The molecule has 4 rings (SSSR count). The van der Waals surface area contributed by atoms with Crippen LogP contribution < -0.4 is 0 Å². The van der Waals surface area contributed by atoms with Crippen LogP contribution in [-0.2, 0) is 19.4 Å². The first-order valence-electron chi connectivity index (χ1n) is 8.37. The van der Waals surface area contributed by atoms with Gasteiger partial charge in [0.05, 0.1) is 0 Å². The number of benzene rings is 1. The number of halogens is 1. The lowest BCUT2D eigenvalue weighted by Gasteiger charge is -2.26. The summed E-state index contributed by atoms with van der Waals surface area (Å²) in [7, 11) is 2.18. The van der Waals surface area contributed by atoms with Crippen molar-refractivity contribution in [2.24, 2.45) is 0 Å². The summed E-state index contributed by atoms with van der Waals surface area (Å²) in [6.07, 6.45) is 7.40. The first-order chi connectivity index (χ1) is 11.6. The number of hydrogen-bond donors (Lipinski definition) is 0. The lowest BCUT2D eigenvalue weighted by molar-refractivity contribution is 0.307. The first-order valence-corrected chi connectivity index (χ1v) is 8.75. The van der Waals surface area contributed by atoms with E-state index in [9.17, 15) is 0 Å². The molecule has 0 fully saturated rings. The van der Waals surface area contributed by atoms with Gasteiger partial charge in [0.1, 0.15) is 6.33 Å². The molecular weight excluding hydrogens is 320 g/mol. The van der Waals surface area contributed by atoms with Crippen molar-refractivity contribution in [1.29, 1.82) is 0 Å². The molecule has 3 aromatic rings. The van der Waals surface area contributed by atoms with Gasteiger partial charge in [-0.2, -0.15) is 0 Å². The number of aromatic nitrogens is 3. The Kier molecular flexibility index (Phi) is 4.02. The Bertz CT molecular complexity index is 872. The van der Waals surface area contributed by atoms with Crippen LogP contribution in [0.15, 0.2) is 36.9 Å². The molecule has 4 nitrogen and oxygen atoms in total. The zero-order chi connectivity index (χ0) is 16.7. The molecule has 0 radical (unpaired) electrons. The smallest absolute Gasteiger partial charge is 0.115 e. The van der Waals surface area contributed by atoms with Crippen molar-refractivity contribution in [3.63, 3.8) is 0 Å². The molecule has 0 unspecified atom stereocenters. The molecule has 1 aliphatic heterocycles. The normalized spacial score (nSPS) is 16.3. The highest BCUT2D eigenvalue weighted by molar-refractivity contribution is 6.31. The van der Waals surface area contributed by atoms with Gasteiger partial charge in [-0.25, -0.2) is 9.97 Å². The van der Waals surface area contributed by atoms with E-state index >= 15 is 0 Å². The molecule has 0 N–H and O–H groups in total. The predicted molar refractivity (Wildman–Crippen MR) is 97.4 cm³/mol. The van der Waals surface area contributed by atoms with E-state index in [-0.39, 0.29) is 0 Å². The summed E-state index contributed by atoms with van der Waals surface area (Å²) >= 11 is 6.28. The minimum Gasteiger partial charge on any atom is -0.341 e. The van der Waals surface area contributed by atoms with Crippen molar-refractivity contribution in [1.82, 2.24) is 19.4 Å². The maximum absolute atomic E-state index is 6.28. The summed E-state index contributed by atoms with van der Waals surface area (Å²) in [6, 6.07) is 6.62. The average molecular weight is 341 g/mol. The van der Waals surface area contributed by atoms with Crippen molar-refractivity contribution < 1.29 is 0 Å². The van der Waals surface area contributed by atoms with Crippen LogP contribution in [0.1, 0.15) is 29.8 Å². The van der Waals surface area contributed by atoms with E-state index in [1.165, 1.54) is 27.7 Å². The molecule has 0 saturated heterocycles. The van der Waals surface area contributed by atoms with E-state index < -0.39 is 0 Å². The molecule has 0 bridgehead atoms. The first kappa shape index (κ1) is 15.6. The quantitative estimate of drug-likeness (QED) is 0.725. The molecule has 24 heavy (non-hydrogen) atoms.